The van der Waals surface area contributed by atoms with E-state index < -0.39 is 52.3 Å². The number of alkyl halides is 3. The summed E-state index contributed by atoms with van der Waals surface area (Å²) in [7, 11) is -6.79. The first-order chi connectivity index (χ1) is 16.8. The number of nitrogens with one attached hydrogen (secondary N) is 1. The predicted molar refractivity (Wildman–Crippen MR) is 145 cm³/mol. The van der Waals surface area contributed by atoms with Crippen LogP contribution in [0.2, 0.25) is 10.0 Å². The number of benzene rings is 2. The van der Waals surface area contributed by atoms with Crippen LogP contribution in [0.25, 0.3) is 0 Å². The van der Waals surface area contributed by atoms with E-state index >= 15 is 0 Å². The summed E-state index contributed by atoms with van der Waals surface area (Å²) in [5, 5.41) is 3.21. The minimum Gasteiger partial charge on any atom is -0.359 e. The molecule has 0 aromatic heterocycles. The molecule has 0 bridgehead atoms. The predicted octanol–water partition coefficient (Wildman–Crippen LogP) is 4.41. The second-order valence-electron chi connectivity index (χ2n) is 7.82. The maximum atomic E-state index is 13.1. The molecule has 1 saturated heterocycles. The van der Waals surface area contributed by atoms with Crippen molar-refractivity contribution in [3.05, 3.63) is 46.4 Å². The van der Waals surface area contributed by atoms with Gasteiger partial charge in [0.1, 0.15) is 0 Å². The molecule has 1 heterocycles. The van der Waals surface area contributed by atoms with Crippen LogP contribution in [-0.4, -0.2) is 69.0 Å². The third-order valence-corrected chi connectivity index (χ3v) is 8.37. The van der Waals surface area contributed by atoms with Crippen LogP contribution in [0.4, 0.5) is 16.2 Å². The topological polar surface area (TPSA) is 133 Å². The number of sulfone groups is 2. The highest BCUT2D eigenvalue weighted by atomic mass is 35.6. The molecule has 1 aliphatic heterocycles. The molecule has 1 fully saturated rings. The Morgan fingerprint density at radius 3 is 2.08 bits per heavy atom. The number of halogens is 5. The number of urea groups is 1. The zero-order valence-corrected chi connectivity index (χ0v) is 24.5. The summed E-state index contributed by atoms with van der Waals surface area (Å²) in [4.78, 5) is 30.7. The molecule has 2 aromatic carbocycles. The molecular weight excluding hydrogens is 634 g/mol. The Kier molecular flexibility index (Phi) is 8.36. The smallest absolute Gasteiger partial charge is 0.337 e. The van der Waals surface area contributed by atoms with E-state index in [1.807, 2.05) is 0 Å². The van der Waals surface area contributed by atoms with Crippen LogP contribution in [0.1, 0.15) is 0 Å². The number of anilines is 2. The first-order valence-corrected chi connectivity index (χ1v) is 15.5. The summed E-state index contributed by atoms with van der Waals surface area (Å²) in [5.41, 5.74) is -0.110. The minimum atomic E-state index is -4.12. The zero-order valence-electron chi connectivity index (χ0n) is 19.0. The lowest BCUT2D eigenvalue weighted by molar-refractivity contribution is -0.119. The number of imide groups is 1. The van der Waals surface area contributed by atoms with E-state index in [0.717, 1.165) is 37.8 Å². The summed E-state index contributed by atoms with van der Waals surface area (Å²) in [6, 6.07) is 6.42. The molecule has 1 N–H and O–H groups in total. The number of aliphatic imine (C=N–C) groups is 1. The van der Waals surface area contributed by atoms with Gasteiger partial charge in [0.2, 0.25) is 9.63 Å². The molecule has 0 aliphatic carbocycles. The average molecular weight is 651 g/mol. The van der Waals surface area contributed by atoms with Gasteiger partial charge < -0.3 is 5.32 Å². The molecule has 200 valence electrons. The van der Waals surface area contributed by atoms with Crippen molar-refractivity contribution in [3.63, 3.8) is 0 Å². The largest absolute Gasteiger partial charge is 0.359 e. The first kappa shape index (κ1) is 29.8. The highest BCUT2D eigenvalue weighted by Crippen LogP contribution is 2.37. The summed E-state index contributed by atoms with van der Waals surface area (Å²) < 4.78 is 47.0. The number of carbonyl (C=O) groups is 2. The van der Waals surface area contributed by atoms with Gasteiger partial charge in [-0.25, -0.2) is 31.5 Å². The van der Waals surface area contributed by atoms with E-state index in [4.69, 9.17) is 58.0 Å². The van der Waals surface area contributed by atoms with Crippen molar-refractivity contribution in [2.75, 3.05) is 29.8 Å². The van der Waals surface area contributed by atoms with Gasteiger partial charge in [0.25, 0.3) is 5.91 Å². The third kappa shape index (κ3) is 6.44. The molecule has 0 saturated carbocycles. The molecule has 1 atom stereocenters. The van der Waals surface area contributed by atoms with Gasteiger partial charge in [-0.3, -0.25) is 9.69 Å². The standard InChI is InChI=1S/C20H17Cl5N4O6S2/c1-28-17(30)16(27-18(20(23,24)25)26-13-6-4-10(21)8-12(13)22)29(19(28)31)14-7-5-11(36(2,32)33)9-15(14)37(3,34)35/h4-9,18,26H,1-3H3. The van der Waals surface area contributed by atoms with Crippen LogP contribution in [0.3, 0.4) is 0 Å². The second-order valence-corrected chi connectivity index (χ2v) is 15.0. The number of likely N-dealkylation sites (N-methyl/N-ethyl adjacent to an activating group) is 1. The Balaban J connectivity index is 2.23. The zero-order chi connectivity index (χ0) is 28.1. The average Bonchev–Trinajstić information content (AvgIpc) is 2.96. The van der Waals surface area contributed by atoms with Crippen molar-refractivity contribution in [1.29, 1.82) is 0 Å². The Hall–Kier alpha value is -1.80. The van der Waals surface area contributed by atoms with Crippen molar-refractivity contribution >= 4 is 107 Å². The van der Waals surface area contributed by atoms with Crippen LogP contribution >= 0.6 is 58.0 Å². The fourth-order valence-corrected chi connectivity index (χ4v) is 5.55. The number of amidine groups is 1. The van der Waals surface area contributed by atoms with E-state index in [1.165, 1.54) is 18.2 Å². The molecule has 2 aromatic rings. The lowest BCUT2D eigenvalue weighted by Gasteiger charge is -2.25. The molecule has 0 spiro atoms. The maximum Gasteiger partial charge on any atom is 0.337 e. The lowest BCUT2D eigenvalue weighted by Crippen LogP contribution is -2.38. The molecule has 10 nitrogen and oxygen atoms in total. The number of carbonyl (C=O) groups excluding carboxylic acids is 2. The van der Waals surface area contributed by atoms with Gasteiger partial charge in [0, 0.05) is 24.6 Å². The maximum absolute atomic E-state index is 13.1. The summed E-state index contributed by atoms with van der Waals surface area (Å²) in [6.07, 6.45) is 0.182. The summed E-state index contributed by atoms with van der Waals surface area (Å²) in [6.45, 7) is 0. The van der Waals surface area contributed by atoms with Gasteiger partial charge in [0.15, 0.2) is 25.8 Å². The highest BCUT2D eigenvalue weighted by molar-refractivity contribution is 7.91. The number of hydrogen-bond donors (Lipinski definition) is 1. The van der Waals surface area contributed by atoms with Gasteiger partial charge in [-0.2, -0.15) is 0 Å². The summed E-state index contributed by atoms with van der Waals surface area (Å²) in [5.74, 6) is -1.54. The first-order valence-electron chi connectivity index (χ1n) is 9.85. The summed E-state index contributed by atoms with van der Waals surface area (Å²) >= 11 is 30.4. The van der Waals surface area contributed by atoms with Gasteiger partial charge >= 0.3 is 6.03 Å². The van der Waals surface area contributed by atoms with Gasteiger partial charge in [0.05, 0.1) is 26.2 Å². The van der Waals surface area contributed by atoms with E-state index in [9.17, 15) is 26.4 Å². The molecular formula is C20H17Cl5N4O6S2. The van der Waals surface area contributed by atoms with Gasteiger partial charge in [-0.05, 0) is 36.4 Å². The Labute approximate surface area is 237 Å². The van der Waals surface area contributed by atoms with Crippen LogP contribution in [0.15, 0.2) is 51.2 Å². The number of amides is 3. The fraction of sp³-hybridized carbons (Fsp3) is 0.250. The Morgan fingerprint density at radius 2 is 1.57 bits per heavy atom. The van der Waals surface area contributed by atoms with Crippen molar-refractivity contribution in [3.8, 4) is 0 Å². The van der Waals surface area contributed by atoms with Gasteiger partial charge in [-0.15, -0.1) is 0 Å². The SMILES string of the molecule is CN1C(=O)C(=NC(Nc2ccc(Cl)cc2Cl)C(Cl)(Cl)Cl)N(c2ccc(S(C)(=O)=O)cc2S(C)(=O)=O)C1=O. The molecule has 37 heavy (non-hydrogen) atoms. The van der Waals surface area contributed by atoms with E-state index in [1.54, 1.807) is 0 Å². The monoisotopic (exact) mass is 648 g/mol. The Morgan fingerprint density at radius 1 is 0.946 bits per heavy atom. The molecule has 1 unspecified atom stereocenters. The quantitative estimate of drug-likeness (QED) is 0.362. The molecule has 17 heteroatoms. The van der Waals surface area contributed by atoms with Crippen LogP contribution in [0.5, 0.6) is 0 Å². The van der Waals surface area contributed by atoms with Crippen molar-refractivity contribution in [2.24, 2.45) is 4.99 Å². The Bertz CT molecular complexity index is 1540. The lowest BCUT2D eigenvalue weighted by atomic mass is 10.3. The molecule has 3 rings (SSSR count). The molecule has 0 radical (unpaired) electrons. The van der Waals surface area contributed by atoms with Crippen LogP contribution < -0.4 is 10.2 Å². The van der Waals surface area contributed by atoms with E-state index in [2.05, 4.69) is 10.3 Å². The minimum absolute atomic E-state index is 0.130. The van der Waals surface area contributed by atoms with E-state index in [-0.39, 0.29) is 21.3 Å². The molecule has 1 aliphatic rings. The van der Waals surface area contributed by atoms with Crippen molar-refractivity contribution in [2.45, 2.75) is 19.7 Å². The van der Waals surface area contributed by atoms with Crippen molar-refractivity contribution in [1.82, 2.24) is 4.90 Å². The number of nitrogens with zero attached hydrogens (tertiary/aromatic N) is 3. The number of rotatable bonds is 6. The van der Waals surface area contributed by atoms with Crippen molar-refractivity contribution < 1.29 is 26.4 Å². The second kappa shape index (κ2) is 10.4. The van der Waals surface area contributed by atoms with Crippen LogP contribution in [0, 0.1) is 0 Å². The van der Waals surface area contributed by atoms with Crippen LogP contribution in [-0.2, 0) is 24.5 Å². The highest BCUT2D eigenvalue weighted by Gasteiger charge is 2.45. The van der Waals surface area contributed by atoms with Gasteiger partial charge in [-0.1, -0.05) is 58.0 Å². The normalized spacial score (nSPS) is 17.0. The van der Waals surface area contributed by atoms with E-state index in [0.29, 0.717) is 14.8 Å². The fourth-order valence-electron chi connectivity index (χ4n) is 3.17. The third-order valence-electron chi connectivity index (χ3n) is 4.97. The molecule has 3 amide bonds. The number of hydrogen-bond acceptors (Lipinski definition) is 8.